The maximum Gasteiger partial charge on any atom is 0.251 e. The molecule has 1 saturated heterocycles. The molecule has 0 aliphatic carbocycles. The first-order valence-electron chi connectivity index (χ1n) is 13.7. The normalized spacial score (nSPS) is 13.2. The number of thioether (sulfide) groups is 1. The summed E-state index contributed by atoms with van der Waals surface area (Å²) in [5, 5.41) is 12.4. The number of carbonyl (C=O) groups is 2. The molecule has 1 aliphatic rings. The lowest BCUT2D eigenvalue weighted by Gasteiger charge is -2.36. The number of aryl methyl sites for hydroxylation is 1. The molecule has 4 aromatic rings. The molecule has 1 aromatic heterocycles. The van der Waals surface area contributed by atoms with Gasteiger partial charge in [-0.15, -0.1) is 10.2 Å². The van der Waals surface area contributed by atoms with Crippen LogP contribution in [0, 0.1) is 0 Å². The highest BCUT2D eigenvalue weighted by Crippen LogP contribution is 2.21. The van der Waals surface area contributed by atoms with E-state index in [0.29, 0.717) is 41.9 Å². The Bertz CT molecular complexity index is 1420. The van der Waals surface area contributed by atoms with Gasteiger partial charge in [-0.05, 0) is 48.4 Å². The minimum absolute atomic E-state index is 0.0923. The number of piperazine rings is 1. The molecule has 0 saturated carbocycles. The second kappa shape index (κ2) is 13.8. The summed E-state index contributed by atoms with van der Waals surface area (Å²) in [5.74, 6) is 1.51. The van der Waals surface area contributed by atoms with Crippen molar-refractivity contribution in [2.45, 2.75) is 24.7 Å². The Morgan fingerprint density at radius 2 is 1.56 bits per heavy atom. The van der Waals surface area contributed by atoms with Gasteiger partial charge in [-0.3, -0.25) is 9.59 Å². The van der Waals surface area contributed by atoms with Crippen LogP contribution in [-0.4, -0.2) is 70.5 Å². The molecule has 0 bridgehead atoms. The lowest BCUT2D eigenvalue weighted by Crippen LogP contribution is -2.49. The molecule has 9 nitrogen and oxygen atoms in total. The number of anilines is 1. The maximum absolute atomic E-state index is 13.1. The van der Waals surface area contributed by atoms with Crippen molar-refractivity contribution in [3.05, 3.63) is 102 Å². The summed E-state index contributed by atoms with van der Waals surface area (Å²) in [4.78, 5) is 30.1. The quantitative estimate of drug-likeness (QED) is 0.274. The zero-order chi connectivity index (χ0) is 28.4. The number of rotatable bonds is 11. The molecule has 1 fully saturated rings. The first kappa shape index (κ1) is 28.2. The van der Waals surface area contributed by atoms with Gasteiger partial charge >= 0.3 is 0 Å². The van der Waals surface area contributed by atoms with Crippen LogP contribution in [0.25, 0.3) is 0 Å². The number of hydrogen-bond donors (Lipinski definition) is 1. The highest BCUT2D eigenvalue weighted by Gasteiger charge is 2.23. The minimum atomic E-state index is -0.204. The van der Waals surface area contributed by atoms with Gasteiger partial charge < -0.3 is 24.4 Å². The van der Waals surface area contributed by atoms with Crippen molar-refractivity contribution in [3.63, 3.8) is 0 Å². The number of nitrogens with zero attached hydrogens (tertiary/aromatic N) is 5. The summed E-state index contributed by atoms with van der Waals surface area (Å²) < 4.78 is 7.18. The maximum atomic E-state index is 13.1. The van der Waals surface area contributed by atoms with Crippen LogP contribution in [0.2, 0.25) is 0 Å². The average Bonchev–Trinajstić information content (AvgIpc) is 3.43. The predicted molar refractivity (Wildman–Crippen MR) is 160 cm³/mol. The van der Waals surface area contributed by atoms with E-state index >= 15 is 0 Å². The molecule has 3 aromatic carbocycles. The number of nitrogens with one attached hydrogen (secondary N) is 1. The van der Waals surface area contributed by atoms with Crippen LogP contribution in [0.3, 0.4) is 0 Å². The van der Waals surface area contributed by atoms with Crippen LogP contribution >= 0.6 is 11.8 Å². The van der Waals surface area contributed by atoms with Crippen molar-refractivity contribution >= 4 is 29.3 Å². The van der Waals surface area contributed by atoms with Gasteiger partial charge in [0.15, 0.2) is 11.0 Å². The van der Waals surface area contributed by atoms with Gasteiger partial charge in [0.25, 0.3) is 5.91 Å². The van der Waals surface area contributed by atoms with Crippen molar-refractivity contribution in [1.29, 1.82) is 0 Å². The highest BCUT2D eigenvalue weighted by atomic mass is 32.2. The first-order valence-corrected chi connectivity index (χ1v) is 14.7. The Labute approximate surface area is 244 Å². The number of carbonyl (C=O) groups excluding carboxylic acids is 2. The molecular weight excluding hydrogens is 536 g/mol. The van der Waals surface area contributed by atoms with E-state index in [1.807, 2.05) is 45.9 Å². The van der Waals surface area contributed by atoms with Crippen LogP contribution in [0.4, 0.5) is 5.69 Å². The van der Waals surface area contributed by atoms with Gasteiger partial charge in [0.1, 0.15) is 5.75 Å². The van der Waals surface area contributed by atoms with Gasteiger partial charge in [0.2, 0.25) is 5.91 Å². The summed E-state index contributed by atoms with van der Waals surface area (Å²) >= 11 is 1.39. The largest absolute Gasteiger partial charge is 0.497 e. The third-order valence-electron chi connectivity index (χ3n) is 7.10. The van der Waals surface area contributed by atoms with Crippen LogP contribution in [-0.2, 0) is 24.3 Å². The molecule has 0 radical (unpaired) electrons. The number of ether oxygens (including phenoxy) is 1. The standard InChI is InChI=1S/C31H34N6O3S/c1-40-27-14-12-25(13-15-27)30(39)32-22-28-33-34-31(37(28)17-16-24-8-4-2-5-9-24)41-23-29(38)36-20-18-35(19-21-36)26-10-6-3-7-11-26/h2-15H,16-23H2,1H3,(H,32,39). The number of para-hydroxylation sites is 1. The van der Waals surface area contributed by atoms with Crippen molar-refractivity contribution in [2.24, 2.45) is 0 Å². The molecule has 0 spiro atoms. The molecule has 0 atom stereocenters. The number of amides is 2. The Hall–Kier alpha value is -4.31. The predicted octanol–water partition coefficient (Wildman–Crippen LogP) is 3.90. The summed E-state index contributed by atoms with van der Waals surface area (Å²) in [6.07, 6.45) is 0.779. The lowest BCUT2D eigenvalue weighted by molar-refractivity contribution is -0.128. The summed E-state index contributed by atoms with van der Waals surface area (Å²) in [5.41, 5.74) is 2.92. The molecule has 0 unspecified atom stereocenters. The van der Waals surface area contributed by atoms with Crippen molar-refractivity contribution < 1.29 is 14.3 Å². The van der Waals surface area contributed by atoms with E-state index in [9.17, 15) is 9.59 Å². The fourth-order valence-electron chi connectivity index (χ4n) is 4.74. The van der Waals surface area contributed by atoms with Crippen LogP contribution in [0.15, 0.2) is 90.1 Å². The fourth-order valence-corrected chi connectivity index (χ4v) is 5.63. The van der Waals surface area contributed by atoms with E-state index < -0.39 is 0 Å². The van der Waals surface area contributed by atoms with E-state index in [4.69, 9.17) is 4.74 Å². The van der Waals surface area contributed by atoms with Crippen LogP contribution in [0.5, 0.6) is 5.75 Å². The first-order chi connectivity index (χ1) is 20.1. The second-order valence-electron chi connectivity index (χ2n) is 9.69. The van der Waals surface area contributed by atoms with Crippen LogP contribution < -0.4 is 15.0 Å². The second-order valence-corrected chi connectivity index (χ2v) is 10.6. The number of hydrogen-bond acceptors (Lipinski definition) is 7. The van der Waals surface area contributed by atoms with Gasteiger partial charge in [-0.2, -0.15) is 0 Å². The van der Waals surface area contributed by atoms with Gasteiger partial charge in [0, 0.05) is 44.0 Å². The number of methoxy groups -OCH3 is 1. The minimum Gasteiger partial charge on any atom is -0.497 e. The molecule has 1 N–H and O–H groups in total. The van der Waals surface area contributed by atoms with Crippen molar-refractivity contribution in [1.82, 2.24) is 25.0 Å². The van der Waals surface area contributed by atoms with E-state index in [2.05, 4.69) is 44.7 Å². The molecule has 2 amide bonds. The Balaban J connectivity index is 1.21. The molecule has 212 valence electrons. The zero-order valence-electron chi connectivity index (χ0n) is 23.1. The zero-order valence-corrected chi connectivity index (χ0v) is 23.9. The lowest BCUT2D eigenvalue weighted by atomic mass is 10.1. The average molecular weight is 571 g/mol. The molecule has 5 rings (SSSR count). The Kier molecular flexibility index (Phi) is 9.53. The van der Waals surface area contributed by atoms with Crippen molar-refractivity contribution in [2.75, 3.05) is 43.9 Å². The topological polar surface area (TPSA) is 92.6 Å². The summed E-state index contributed by atoms with van der Waals surface area (Å²) in [6, 6.07) is 27.4. The molecule has 41 heavy (non-hydrogen) atoms. The van der Waals surface area contributed by atoms with E-state index in [-0.39, 0.29) is 24.1 Å². The fraction of sp³-hybridized carbons (Fsp3) is 0.290. The van der Waals surface area contributed by atoms with Gasteiger partial charge in [-0.25, -0.2) is 0 Å². The summed E-state index contributed by atoms with van der Waals surface area (Å²) in [6.45, 7) is 3.87. The number of benzene rings is 3. The third kappa shape index (κ3) is 7.46. The van der Waals surface area contributed by atoms with Crippen molar-refractivity contribution in [3.8, 4) is 5.75 Å². The Morgan fingerprint density at radius 3 is 2.24 bits per heavy atom. The van der Waals surface area contributed by atoms with E-state index in [1.54, 1.807) is 31.4 Å². The number of aromatic nitrogens is 3. The molecule has 2 heterocycles. The summed E-state index contributed by atoms with van der Waals surface area (Å²) in [7, 11) is 1.59. The monoisotopic (exact) mass is 570 g/mol. The van der Waals surface area contributed by atoms with E-state index in [1.165, 1.54) is 23.0 Å². The molecular formula is C31H34N6O3S. The van der Waals surface area contributed by atoms with E-state index in [0.717, 1.165) is 19.5 Å². The van der Waals surface area contributed by atoms with Gasteiger partial charge in [-0.1, -0.05) is 60.3 Å². The smallest absolute Gasteiger partial charge is 0.251 e. The molecule has 10 heteroatoms. The molecule has 1 aliphatic heterocycles. The van der Waals surface area contributed by atoms with Gasteiger partial charge in [0.05, 0.1) is 19.4 Å². The highest BCUT2D eigenvalue weighted by molar-refractivity contribution is 7.99. The van der Waals surface area contributed by atoms with Crippen LogP contribution in [0.1, 0.15) is 21.7 Å². The third-order valence-corrected chi connectivity index (χ3v) is 8.05. The SMILES string of the molecule is COc1ccc(C(=O)NCc2nnc(SCC(=O)N3CCN(c4ccccc4)CC3)n2CCc2ccccc2)cc1. The Morgan fingerprint density at radius 1 is 0.878 bits per heavy atom.